The summed E-state index contributed by atoms with van der Waals surface area (Å²) in [7, 11) is 2.08. The maximum absolute atomic E-state index is 4.63. The molecule has 0 saturated carbocycles. The molecule has 0 aliphatic rings. The summed E-state index contributed by atoms with van der Waals surface area (Å²) in [4.78, 5) is 6.81. The predicted molar refractivity (Wildman–Crippen MR) is 92.6 cm³/mol. The highest BCUT2D eigenvalue weighted by Crippen LogP contribution is 2.22. The Morgan fingerprint density at radius 2 is 2.05 bits per heavy atom. The van der Waals surface area contributed by atoms with Gasteiger partial charge in [-0.2, -0.15) is 0 Å². The second-order valence-electron chi connectivity index (χ2n) is 5.21. The molecule has 0 saturated heterocycles. The van der Waals surface area contributed by atoms with Crippen LogP contribution in [0, 0.1) is 6.92 Å². The summed E-state index contributed by atoms with van der Waals surface area (Å²) in [6.45, 7) is 6.91. The van der Waals surface area contributed by atoms with E-state index in [-0.39, 0.29) is 0 Å². The van der Waals surface area contributed by atoms with E-state index in [4.69, 9.17) is 0 Å². The van der Waals surface area contributed by atoms with Crippen molar-refractivity contribution in [2.75, 3.05) is 18.5 Å². The Morgan fingerprint density at radius 1 is 1.29 bits per heavy atom. The van der Waals surface area contributed by atoms with Crippen molar-refractivity contribution in [2.24, 2.45) is 0 Å². The molecule has 1 aromatic heterocycles. The average Bonchev–Trinajstić information content (AvgIpc) is 2.47. The summed E-state index contributed by atoms with van der Waals surface area (Å²) in [5.41, 5.74) is 3.70. The van der Waals surface area contributed by atoms with Crippen LogP contribution in [0.15, 0.2) is 41.0 Å². The number of nitrogens with zero attached hydrogens (tertiary/aromatic N) is 2. The van der Waals surface area contributed by atoms with E-state index in [1.165, 1.54) is 16.7 Å². The molecule has 1 aromatic carbocycles. The highest BCUT2D eigenvalue weighted by molar-refractivity contribution is 9.10. The van der Waals surface area contributed by atoms with E-state index in [9.17, 15) is 0 Å². The molecule has 2 aromatic rings. The van der Waals surface area contributed by atoms with E-state index in [0.29, 0.717) is 0 Å². The van der Waals surface area contributed by atoms with Gasteiger partial charge in [-0.05, 0) is 42.3 Å². The first-order chi connectivity index (χ1) is 10.1. The SMILES string of the molecule is CCNCc1cnc(N(C)Cc2ccccc2Br)c(C)c1. The first-order valence-electron chi connectivity index (χ1n) is 7.22. The molecule has 0 amide bonds. The molecule has 0 fully saturated rings. The lowest BCUT2D eigenvalue weighted by Gasteiger charge is -2.21. The Bertz CT molecular complexity index is 598. The van der Waals surface area contributed by atoms with Crippen LogP contribution in [0.5, 0.6) is 0 Å². The molecule has 0 radical (unpaired) electrons. The van der Waals surface area contributed by atoms with Gasteiger partial charge in [-0.25, -0.2) is 4.98 Å². The van der Waals surface area contributed by atoms with Crippen LogP contribution in [0.1, 0.15) is 23.6 Å². The molecule has 0 bridgehead atoms. The van der Waals surface area contributed by atoms with Crippen molar-refractivity contribution in [1.82, 2.24) is 10.3 Å². The lowest BCUT2D eigenvalue weighted by atomic mass is 10.1. The molecule has 112 valence electrons. The van der Waals surface area contributed by atoms with Crippen molar-refractivity contribution in [3.05, 3.63) is 57.7 Å². The number of rotatable bonds is 6. The number of benzene rings is 1. The Balaban J connectivity index is 2.12. The number of halogens is 1. The van der Waals surface area contributed by atoms with Crippen molar-refractivity contribution < 1.29 is 0 Å². The van der Waals surface area contributed by atoms with Crippen LogP contribution < -0.4 is 10.2 Å². The fourth-order valence-corrected chi connectivity index (χ4v) is 2.76. The maximum atomic E-state index is 4.63. The number of pyridine rings is 1. The third kappa shape index (κ3) is 4.29. The second-order valence-corrected chi connectivity index (χ2v) is 6.07. The smallest absolute Gasteiger partial charge is 0.131 e. The van der Waals surface area contributed by atoms with E-state index >= 15 is 0 Å². The van der Waals surface area contributed by atoms with Gasteiger partial charge in [0.05, 0.1) is 0 Å². The van der Waals surface area contributed by atoms with Gasteiger partial charge in [0.15, 0.2) is 0 Å². The van der Waals surface area contributed by atoms with E-state index in [1.54, 1.807) is 0 Å². The molecule has 3 nitrogen and oxygen atoms in total. The van der Waals surface area contributed by atoms with Crippen LogP contribution >= 0.6 is 15.9 Å². The van der Waals surface area contributed by atoms with E-state index in [0.717, 1.165) is 29.9 Å². The first kappa shape index (κ1) is 16.0. The third-order valence-corrected chi connectivity index (χ3v) is 4.19. The largest absolute Gasteiger partial charge is 0.355 e. The Hall–Kier alpha value is -1.39. The van der Waals surface area contributed by atoms with Crippen molar-refractivity contribution in [3.8, 4) is 0 Å². The van der Waals surface area contributed by atoms with Crippen molar-refractivity contribution >= 4 is 21.7 Å². The van der Waals surface area contributed by atoms with Crippen LogP contribution in [0.25, 0.3) is 0 Å². The lowest BCUT2D eigenvalue weighted by molar-refractivity contribution is 0.723. The summed E-state index contributed by atoms with van der Waals surface area (Å²) in [6, 6.07) is 10.5. The number of aromatic nitrogens is 1. The van der Waals surface area contributed by atoms with Gasteiger partial charge in [0, 0.05) is 30.8 Å². The summed E-state index contributed by atoms with van der Waals surface area (Å²) in [5, 5.41) is 3.33. The van der Waals surface area contributed by atoms with E-state index in [2.05, 4.69) is 76.3 Å². The molecular formula is C17H22BrN3. The molecule has 21 heavy (non-hydrogen) atoms. The van der Waals surface area contributed by atoms with Crippen LogP contribution in [-0.4, -0.2) is 18.6 Å². The summed E-state index contributed by atoms with van der Waals surface area (Å²) in [5.74, 6) is 1.03. The average molecular weight is 348 g/mol. The summed E-state index contributed by atoms with van der Waals surface area (Å²) >= 11 is 3.60. The Morgan fingerprint density at radius 3 is 2.71 bits per heavy atom. The number of aryl methyl sites for hydroxylation is 1. The van der Waals surface area contributed by atoms with Crippen molar-refractivity contribution in [1.29, 1.82) is 0 Å². The fourth-order valence-electron chi connectivity index (χ4n) is 2.35. The monoisotopic (exact) mass is 347 g/mol. The molecule has 0 aliphatic heterocycles. The predicted octanol–water partition coefficient (Wildman–Crippen LogP) is 3.90. The minimum absolute atomic E-state index is 0.835. The van der Waals surface area contributed by atoms with Gasteiger partial charge in [-0.1, -0.05) is 41.1 Å². The van der Waals surface area contributed by atoms with Gasteiger partial charge in [0.2, 0.25) is 0 Å². The zero-order valence-corrected chi connectivity index (χ0v) is 14.4. The van der Waals surface area contributed by atoms with Gasteiger partial charge in [-0.3, -0.25) is 0 Å². The van der Waals surface area contributed by atoms with Crippen LogP contribution in [-0.2, 0) is 13.1 Å². The molecule has 4 heteroatoms. The van der Waals surface area contributed by atoms with Gasteiger partial charge in [-0.15, -0.1) is 0 Å². The number of hydrogen-bond acceptors (Lipinski definition) is 3. The van der Waals surface area contributed by atoms with Gasteiger partial charge in [0.25, 0.3) is 0 Å². The topological polar surface area (TPSA) is 28.2 Å². The Kier molecular flexibility index (Phi) is 5.76. The quantitative estimate of drug-likeness (QED) is 0.858. The zero-order chi connectivity index (χ0) is 15.2. The third-order valence-electron chi connectivity index (χ3n) is 3.41. The normalized spacial score (nSPS) is 10.7. The van der Waals surface area contributed by atoms with Gasteiger partial charge >= 0.3 is 0 Å². The van der Waals surface area contributed by atoms with Crippen LogP contribution in [0.3, 0.4) is 0 Å². The Labute approximate surface area is 135 Å². The first-order valence-corrected chi connectivity index (χ1v) is 8.02. The highest BCUT2D eigenvalue weighted by atomic mass is 79.9. The summed E-state index contributed by atoms with van der Waals surface area (Å²) in [6.07, 6.45) is 1.96. The van der Waals surface area contributed by atoms with Gasteiger partial charge in [0.1, 0.15) is 5.82 Å². The van der Waals surface area contributed by atoms with E-state index < -0.39 is 0 Å². The van der Waals surface area contributed by atoms with Crippen molar-refractivity contribution in [3.63, 3.8) is 0 Å². The summed E-state index contributed by atoms with van der Waals surface area (Å²) < 4.78 is 1.14. The molecule has 0 atom stereocenters. The standard InChI is InChI=1S/C17H22BrN3/c1-4-19-10-14-9-13(2)17(20-11-14)21(3)12-15-7-5-6-8-16(15)18/h5-9,11,19H,4,10,12H2,1-3H3. The molecule has 1 heterocycles. The maximum Gasteiger partial charge on any atom is 0.131 e. The van der Waals surface area contributed by atoms with Gasteiger partial charge < -0.3 is 10.2 Å². The number of anilines is 1. The van der Waals surface area contributed by atoms with Crippen LogP contribution in [0.4, 0.5) is 5.82 Å². The molecule has 0 spiro atoms. The second kappa shape index (κ2) is 7.57. The molecular weight excluding hydrogens is 326 g/mol. The number of nitrogens with one attached hydrogen (secondary N) is 1. The minimum atomic E-state index is 0.835. The number of hydrogen-bond donors (Lipinski definition) is 1. The highest BCUT2D eigenvalue weighted by Gasteiger charge is 2.09. The van der Waals surface area contributed by atoms with E-state index in [1.807, 2.05) is 12.3 Å². The molecule has 2 rings (SSSR count). The fraction of sp³-hybridized carbons (Fsp3) is 0.353. The zero-order valence-electron chi connectivity index (χ0n) is 12.9. The molecule has 0 aliphatic carbocycles. The van der Waals surface area contributed by atoms with Crippen molar-refractivity contribution in [2.45, 2.75) is 26.9 Å². The molecule has 0 unspecified atom stereocenters. The molecule has 1 N–H and O–H groups in total. The minimum Gasteiger partial charge on any atom is -0.355 e. The lowest BCUT2D eigenvalue weighted by Crippen LogP contribution is -2.20. The van der Waals surface area contributed by atoms with Crippen LogP contribution in [0.2, 0.25) is 0 Å².